The highest BCUT2D eigenvalue weighted by Crippen LogP contribution is 2.41. The van der Waals surface area contributed by atoms with Crippen molar-refractivity contribution in [3.8, 4) is 0 Å². The fraction of sp³-hybridized carbons (Fsp3) is 0.565. The van der Waals surface area contributed by atoms with E-state index in [-0.39, 0.29) is 28.8 Å². The van der Waals surface area contributed by atoms with Crippen LogP contribution < -0.4 is 11.1 Å². The summed E-state index contributed by atoms with van der Waals surface area (Å²) in [4.78, 5) is 19.4. The molecule has 1 saturated heterocycles. The minimum absolute atomic E-state index is 0.0570. The van der Waals surface area contributed by atoms with Crippen LogP contribution in [0.1, 0.15) is 35.1 Å². The molecule has 4 aliphatic rings. The van der Waals surface area contributed by atoms with Crippen molar-refractivity contribution in [3.63, 3.8) is 0 Å². The molecule has 0 spiro atoms. The smallest absolute Gasteiger partial charge is 0.322 e. The maximum atomic E-state index is 14.9. The lowest BCUT2D eigenvalue weighted by Crippen LogP contribution is -2.59. The molecule has 0 radical (unpaired) electrons. The Morgan fingerprint density at radius 3 is 2.44 bits per heavy atom. The van der Waals surface area contributed by atoms with Crippen LogP contribution in [0, 0.1) is 5.82 Å². The van der Waals surface area contributed by atoms with Crippen molar-refractivity contribution in [2.75, 3.05) is 38.7 Å². The number of rotatable bonds is 5. The van der Waals surface area contributed by atoms with Crippen LogP contribution in [0.5, 0.6) is 0 Å². The molecule has 0 aromatic heterocycles. The number of carbonyl (C=O) groups is 1. The van der Waals surface area contributed by atoms with Gasteiger partial charge in [0.05, 0.1) is 18.7 Å². The Labute approximate surface area is 199 Å². The summed E-state index contributed by atoms with van der Waals surface area (Å²) in [6.45, 7) is 2.50. The minimum atomic E-state index is -2.09. The molecule has 2 aliphatic carbocycles. The Hall–Kier alpha value is -2.50. The average Bonchev–Trinajstić information content (AvgIpc) is 3.48. The summed E-state index contributed by atoms with van der Waals surface area (Å²) in [6.07, 6.45) is 5.80. The minimum Gasteiger partial charge on any atom is -0.477 e. The molecule has 11 heteroatoms. The van der Waals surface area contributed by atoms with Crippen LogP contribution in [0.2, 0.25) is 0 Å². The zero-order valence-corrected chi connectivity index (χ0v) is 20.0. The summed E-state index contributed by atoms with van der Waals surface area (Å²) in [5.74, 6) is 0.0228. The lowest BCUT2D eigenvalue weighted by Gasteiger charge is -2.43. The van der Waals surface area contributed by atoms with Gasteiger partial charge in [-0.15, -0.1) is 10.6 Å². The van der Waals surface area contributed by atoms with Gasteiger partial charge in [0.15, 0.2) is 5.90 Å². The summed E-state index contributed by atoms with van der Waals surface area (Å²) in [6, 6.07) is -0.640. The van der Waals surface area contributed by atoms with Gasteiger partial charge in [0.1, 0.15) is 12.4 Å². The molecule has 0 saturated carbocycles. The molecule has 184 valence electrons. The van der Waals surface area contributed by atoms with E-state index in [1.165, 1.54) is 0 Å². The maximum Gasteiger partial charge on any atom is 0.322 e. The van der Waals surface area contributed by atoms with Gasteiger partial charge in [-0.2, -0.15) is 0 Å². The second-order valence-corrected chi connectivity index (χ2v) is 10.2. The summed E-state index contributed by atoms with van der Waals surface area (Å²) in [5, 5.41) is 2.80. The van der Waals surface area contributed by atoms with E-state index in [0.717, 1.165) is 43.3 Å². The summed E-state index contributed by atoms with van der Waals surface area (Å²) >= 11 is 0. The maximum absolute atomic E-state index is 14.9. The van der Waals surface area contributed by atoms with Crippen molar-refractivity contribution in [1.29, 1.82) is 0 Å². The van der Waals surface area contributed by atoms with Gasteiger partial charge in [0, 0.05) is 25.9 Å². The first kappa shape index (κ1) is 23.3. The lowest BCUT2D eigenvalue weighted by atomic mass is 9.98. The number of nitrogens with one attached hydrogen (secondary N) is 1. The molecule has 2 heterocycles. The number of hydrogen-bond acceptors (Lipinski definition) is 8. The van der Waals surface area contributed by atoms with E-state index in [0.29, 0.717) is 55.6 Å². The standard InChI is InChI=1S/C23H29FN5O4S/c1-32-14-10-29(11-14)13-9-26-22(33-12-13)19(8-25)34(31)28-23(30)27-21-17-6-2-4-15(17)20(24)16-5-3-7-18(16)21/h8,13-14H,2-7,9-12,25H2,1H3,(H,27,30)/q-1/t13-/m0/s1. The Morgan fingerprint density at radius 1 is 1.24 bits per heavy atom. The van der Waals surface area contributed by atoms with E-state index in [2.05, 4.69) is 19.6 Å². The topological polar surface area (TPSA) is 119 Å². The number of urea groups is 1. The third-order valence-corrected chi connectivity index (χ3v) is 8.12. The molecule has 1 atom stereocenters. The second-order valence-electron chi connectivity index (χ2n) is 9.03. The van der Waals surface area contributed by atoms with Crippen molar-refractivity contribution < 1.29 is 22.9 Å². The third-order valence-electron chi connectivity index (χ3n) is 7.10. The predicted molar refractivity (Wildman–Crippen MR) is 127 cm³/mol. The molecule has 2 amide bonds. The zero-order chi connectivity index (χ0) is 23.8. The van der Waals surface area contributed by atoms with Crippen molar-refractivity contribution in [2.24, 2.45) is 15.1 Å². The van der Waals surface area contributed by atoms with E-state index in [4.69, 9.17) is 15.2 Å². The quantitative estimate of drug-likeness (QED) is 0.612. The number of likely N-dealkylation sites (tertiary alicyclic amines) is 1. The van der Waals surface area contributed by atoms with Crippen LogP contribution in [-0.2, 0) is 50.0 Å². The predicted octanol–water partition coefficient (Wildman–Crippen LogP) is 2.41. The Morgan fingerprint density at radius 2 is 1.88 bits per heavy atom. The van der Waals surface area contributed by atoms with Gasteiger partial charge in [0.25, 0.3) is 0 Å². The zero-order valence-electron chi connectivity index (χ0n) is 19.1. The first-order valence-electron chi connectivity index (χ1n) is 11.7. The van der Waals surface area contributed by atoms with E-state index in [1.807, 2.05) is 0 Å². The molecule has 3 N–H and O–H groups in total. The molecule has 5 rings (SSSR count). The van der Waals surface area contributed by atoms with Crippen molar-refractivity contribution in [1.82, 2.24) is 4.90 Å². The van der Waals surface area contributed by atoms with Gasteiger partial charge in [0.2, 0.25) is 0 Å². The number of anilines is 1. The van der Waals surface area contributed by atoms with Gasteiger partial charge in [-0.3, -0.25) is 9.89 Å². The molecule has 1 aromatic carbocycles. The van der Waals surface area contributed by atoms with Crippen LogP contribution in [-0.4, -0.2) is 62.3 Å². The number of aliphatic imine (C=N–C) groups is 1. The number of carbonyl (C=O) groups excluding carboxylic acids is 1. The van der Waals surface area contributed by atoms with Crippen LogP contribution in [0.3, 0.4) is 0 Å². The molecule has 1 fully saturated rings. The van der Waals surface area contributed by atoms with E-state index >= 15 is 0 Å². The highest BCUT2D eigenvalue weighted by molar-refractivity contribution is 7.80. The van der Waals surface area contributed by atoms with Gasteiger partial charge in [-0.1, -0.05) is 0 Å². The Kier molecular flexibility index (Phi) is 6.59. The van der Waals surface area contributed by atoms with Crippen molar-refractivity contribution in [3.05, 3.63) is 39.2 Å². The number of methoxy groups -OCH3 is 1. The first-order chi connectivity index (χ1) is 16.5. The molecule has 9 nitrogen and oxygen atoms in total. The Bertz CT molecular complexity index is 1120. The number of benzene rings is 1. The van der Waals surface area contributed by atoms with Crippen LogP contribution in [0.25, 0.3) is 0 Å². The lowest BCUT2D eigenvalue weighted by molar-refractivity contribution is -0.0590. The monoisotopic (exact) mass is 490 g/mol. The molecule has 0 unspecified atom stereocenters. The summed E-state index contributed by atoms with van der Waals surface area (Å²) < 4.78 is 42.5. The number of fused-ring (bicyclic) bond motifs is 2. The molecular weight excluding hydrogens is 461 g/mol. The van der Waals surface area contributed by atoms with Crippen LogP contribution >= 0.6 is 0 Å². The molecule has 34 heavy (non-hydrogen) atoms. The number of nitrogens with zero attached hydrogens (tertiary/aromatic N) is 3. The van der Waals surface area contributed by atoms with Crippen molar-refractivity contribution >= 4 is 28.2 Å². The fourth-order valence-electron chi connectivity index (χ4n) is 5.25. The molecular formula is C23H29FN5O4S-. The third kappa shape index (κ3) is 4.20. The fourth-order valence-corrected chi connectivity index (χ4v) is 5.93. The normalized spacial score (nSPS) is 23.6. The average molecular weight is 491 g/mol. The molecule has 2 aliphatic heterocycles. The van der Waals surface area contributed by atoms with Gasteiger partial charge in [-0.05, 0) is 71.9 Å². The van der Waals surface area contributed by atoms with Gasteiger partial charge in [-0.25, -0.2) is 9.18 Å². The van der Waals surface area contributed by atoms with Gasteiger partial charge < -0.3 is 29.1 Å². The largest absolute Gasteiger partial charge is 0.477 e. The van der Waals surface area contributed by atoms with Gasteiger partial charge >= 0.3 is 6.03 Å². The van der Waals surface area contributed by atoms with Crippen LogP contribution in [0.15, 0.2) is 20.5 Å². The van der Waals surface area contributed by atoms with E-state index in [9.17, 15) is 13.4 Å². The number of halogens is 1. The first-order valence-corrected chi connectivity index (χ1v) is 12.8. The highest BCUT2D eigenvalue weighted by Gasteiger charge is 2.34. The van der Waals surface area contributed by atoms with E-state index < -0.39 is 16.6 Å². The number of ether oxygens (including phenoxy) is 2. The SMILES string of the molecule is COC1CN([C@H]2CN=C(C(=CN)[S-](=O)=NC(=O)Nc3c4c(c(F)c5c3CCC5)CCC4)OC2)C1. The molecule has 1 aromatic rings. The highest BCUT2D eigenvalue weighted by atomic mass is 32.2. The molecule has 0 bridgehead atoms. The number of hydrogen-bond donors (Lipinski definition) is 2. The number of nitrogens with two attached hydrogens (primary N) is 1. The van der Waals surface area contributed by atoms with Crippen molar-refractivity contribution in [2.45, 2.75) is 50.7 Å². The number of amides is 2. The summed E-state index contributed by atoms with van der Waals surface area (Å²) in [7, 11) is -0.397. The summed E-state index contributed by atoms with van der Waals surface area (Å²) in [5.41, 5.74) is 9.40. The van der Waals surface area contributed by atoms with Crippen LogP contribution in [0.4, 0.5) is 14.9 Å². The second kappa shape index (κ2) is 9.63. The van der Waals surface area contributed by atoms with E-state index in [1.54, 1.807) is 7.11 Å². The Balaban J connectivity index is 1.30.